The van der Waals surface area contributed by atoms with Crippen molar-refractivity contribution in [2.45, 2.75) is 64.3 Å². The highest BCUT2D eigenvalue weighted by Crippen LogP contribution is 2.30. The van der Waals surface area contributed by atoms with Gasteiger partial charge in [0.2, 0.25) is 0 Å². The Kier molecular flexibility index (Phi) is 4.43. The average Bonchev–Trinajstić information content (AvgIpc) is 2.70. The molecule has 1 aliphatic carbocycles. The third-order valence-electron chi connectivity index (χ3n) is 4.87. The lowest BCUT2D eigenvalue weighted by Gasteiger charge is -2.31. The van der Waals surface area contributed by atoms with Gasteiger partial charge in [-0.05, 0) is 57.1 Å². The zero-order valence-corrected chi connectivity index (χ0v) is 13.7. The van der Waals surface area contributed by atoms with E-state index in [0.717, 1.165) is 30.8 Å². The fourth-order valence-corrected chi connectivity index (χ4v) is 3.76. The predicted octanol–water partition coefficient (Wildman–Crippen LogP) is 3.36. The van der Waals surface area contributed by atoms with E-state index in [-0.39, 0.29) is 0 Å². The second-order valence-electron chi connectivity index (χ2n) is 6.43. The number of hydrogen-bond acceptors (Lipinski definition) is 3. The van der Waals surface area contributed by atoms with Crippen LogP contribution in [0.5, 0.6) is 0 Å². The molecule has 1 unspecified atom stereocenters. The maximum absolute atomic E-state index is 6.00. The molecule has 1 atom stereocenters. The molecule has 114 valence electrons. The number of nitrogens with zero attached hydrogens (tertiary/aromatic N) is 2. The Morgan fingerprint density at radius 1 is 1.24 bits per heavy atom. The molecule has 1 aromatic rings. The lowest BCUT2D eigenvalue weighted by atomic mass is 9.94. The molecule has 2 heterocycles. The van der Waals surface area contributed by atoms with E-state index in [9.17, 15) is 0 Å². The van der Waals surface area contributed by atoms with Crippen molar-refractivity contribution in [3.8, 4) is 0 Å². The van der Waals surface area contributed by atoms with E-state index in [1.165, 1.54) is 49.8 Å². The van der Waals surface area contributed by atoms with Crippen LogP contribution in [0, 0.1) is 0 Å². The van der Waals surface area contributed by atoms with E-state index in [0.29, 0.717) is 11.0 Å². The van der Waals surface area contributed by atoms with Gasteiger partial charge in [-0.2, -0.15) is 0 Å². The molecule has 1 saturated heterocycles. The molecule has 21 heavy (non-hydrogen) atoms. The Balaban J connectivity index is 2.04. The molecule has 0 radical (unpaired) electrons. The van der Waals surface area contributed by atoms with Gasteiger partial charge in [-0.3, -0.25) is 0 Å². The Morgan fingerprint density at radius 2 is 2.05 bits per heavy atom. The summed E-state index contributed by atoms with van der Waals surface area (Å²) < 4.78 is 0. The van der Waals surface area contributed by atoms with Crippen molar-refractivity contribution in [1.29, 1.82) is 0 Å². The van der Waals surface area contributed by atoms with Crippen molar-refractivity contribution in [2.24, 2.45) is 5.73 Å². The van der Waals surface area contributed by atoms with Crippen LogP contribution in [-0.4, -0.2) is 22.6 Å². The lowest BCUT2D eigenvalue weighted by Crippen LogP contribution is -2.35. The third-order valence-corrected chi connectivity index (χ3v) is 5.09. The Hall–Kier alpha value is -1.16. The van der Waals surface area contributed by atoms with Gasteiger partial charge in [0.1, 0.15) is 10.8 Å². The largest absolute Gasteiger partial charge is 0.389 e. The first-order valence-corrected chi connectivity index (χ1v) is 8.67. The predicted molar refractivity (Wildman–Crippen MR) is 92.0 cm³/mol. The minimum atomic E-state index is 0.488. The van der Waals surface area contributed by atoms with Crippen LogP contribution in [0.3, 0.4) is 0 Å². The number of hydrogen-bond donors (Lipinski definition) is 1. The molecule has 0 amide bonds. The zero-order chi connectivity index (χ0) is 14.8. The molecule has 1 aromatic heterocycles. The Morgan fingerprint density at radius 3 is 2.86 bits per heavy atom. The highest BCUT2D eigenvalue weighted by molar-refractivity contribution is 7.80. The Bertz CT molecular complexity index is 541. The molecule has 0 bridgehead atoms. The molecule has 2 aliphatic rings. The van der Waals surface area contributed by atoms with Gasteiger partial charge in [-0.15, -0.1) is 0 Å². The van der Waals surface area contributed by atoms with E-state index >= 15 is 0 Å². The molecule has 2 N–H and O–H groups in total. The summed E-state index contributed by atoms with van der Waals surface area (Å²) in [6.07, 6.45) is 9.82. The fraction of sp³-hybridized carbons (Fsp3) is 0.647. The van der Waals surface area contributed by atoms with Crippen LogP contribution in [0.15, 0.2) is 6.07 Å². The van der Waals surface area contributed by atoms with Crippen molar-refractivity contribution in [3.05, 3.63) is 22.9 Å². The number of aryl methyl sites for hydroxylation is 2. The fourth-order valence-electron chi connectivity index (χ4n) is 3.61. The van der Waals surface area contributed by atoms with Gasteiger partial charge in [-0.1, -0.05) is 25.1 Å². The first-order valence-electron chi connectivity index (χ1n) is 8.26. The smallest absolute Gasteiger partial charge is 0.139 e. The van der Waals surface area contributed by atoms with Crippen LogP contribution in [0.4, 0.5) is 5.82 Å². The van der Waals surface area contributed by atoms with E-state index in [2.05, 4.69) is 17.9 Å². The molecule has 3 rings (SSSR count). The first kappa shape index (κ1) is 14.8. The van der Waals surface area contributed by atoms with E-state index in [4.69, 9.17) is 22.9 Å². The van der Waals surface area contributed by atoms with E-state index in [1.807, 2.05) is 0 Å². The molecule has 0 saturated carbocycles. The maximum Gasteiger partial charge on any atom is 0.139 e. The maximum atomic E-state index is 6.00. The average molecular weight is 303 g/mol. The van der Waals surface area contributed by atoms with Crippen LogP contribution in [0.1, 0.15) is 62.3 Å². The molecular weight excluding hydrogens is 278 g/mol. The Labute approximate surface area is 132 Å². The molecule has 4 heteroatoms. The van der Waals surface area contributed by atoms with Gasteiger partial charge in [-0.25, -0.2) is 4.98 Å². The summed E-state index contributed by atoms with van der Waals surface area (Å²) in [4.78, 5) is 7.94. The normalized spacial score (nSPS) is 22.5. The third kappa shape index (κ3) is 3.05. The van der Waals surface area contributed by atoms with Crippen molar-refractivity contribution >= 4 is 23.0 Å². The summed E-state index contributed by atoms with van der Waals surface area (Å²) in [7, 11) is 0. The SMILES string of the molecule is CC1CCCCCN1c1nc2c(cc1C(N)=S)CCCC2. The summed E-state index contributed by atoms with van der Waals surface area (Å²) in [5.41, 5.74) is 9.62. The summed E-state index contributed by atoms with van der Waals surface area (Å²) >= 11 is 5.31. The topological polar surface area (TPSA) is 42.2 Å². The highest BCUT2D eigenvalue weighted by atomic mass is 32.1. The quantitative estimate of drug-likeness (QED) is 0.851. The van der Waals surface area contributed by atoms with Crippen molar-refractivity contribution < 1.29 is 0 Å². The highest BCUT2D eigenvalue weighted by Gasteiger charge is 2.24. The van der Waals surface area contributed by atoms with Crippen LogP contribution >= 0.6 is 12.2 Å². The molecule has 0 aromatic carbocycles. The number of aromatic nitrogens is 1. The van der Waals surface area contributed by atoms with Gasteiger partial charge < -0.3 is 10.6 Å². The standard InChI is InChI=1S/C17H25N3S/c1-12-7-3-2-6-10-20(12)17-14(16(18)21)11-13-8-4-5-9-15(13)19-17/h11-12H,2-10H2,1H3,(H2,18,21). The van der Waals surface area contributed by atoms with Gasteiger partial charge in [0.15, 0.2) is 0 Å². The van der Waals surface area contributed by atoms with E-state index in [1.54, 1.807) is 0 Å². The number of thiocarbonyl (C=S) groups is 1. The van der Waals surface area contributed by atoms with Crippen LogP contribution in [-0.2, 0) is 12.8 Å². The van der Waals surface area contributed by atoms with Crippen LogP contribution in [0.25, 0.3) is 0 Å². The molecule has 3 nitrogen and oxygen atoms in total. The lowest BCUT2D eigenvalue weighted by molar-refractivity contribution is 0.605. The number of fused-ring (bicyclic) bond motifs is 1. The van der Waals surface area contributed by atoms with Crippen molar-refractivity contribution in [1.82, 2.24) is 4.98 Å². The van der Waals surface area contributed by atoms with Crippen LogP contribution < -0.4 is 10.6 Å². The summed E-state index contributed by atoms with van der Waals surface area (Å²) in [5, 5.41) is 0. The summed E-state index contributed by atoms with van der Waals surface area (Å²) in [6, 6.07) is 2.74. The van der Waals surface area contributed by atoms with Gasteiger partial charge in [0, 0.05) is 18.3 Å². The molecule has 0 spiro atoms. The van der Waals surface area contributed by atoms with Crippen molar-refractivity contribution in [3.63, 3.8) is 0 Å². The minimum absolute atomic E-state index is 0.488. The van der Waals surface area contributed by atoms with Crippen LogP contribution in [0.2, 0.25) is 0 Å². The monoisotopic (exact) mass is 303 g/mol. The number of rotatable bonds is 2. The second-order valence-corrected chi connectivity index (χ2v) is 6.87. The minimum Gasteiger partial charge on any atom is -0.389 e. The number of nitrogens with two attached hydrogens (primary N) is 1. The molecule has 1 fully saturated rings. The molecule has 1 aliphatic heterocycles. The van der Waals surface area contributed by atoms with Gasteiger partial charge in [0.05, 0.1) is 5.56 Å². The van der Waals surface area contributed by atoms with Crippen molar-refractivity contribution in [2.75, 3.05) is 11.4 Å². The summed E-state index contributed by atoms with van der Waals surface area (Å²) in [6.45, 7) is 3.37. The molecular formula is C17H25N3S. The van der Waals surface area contributed by atoms with Gasteiger partial charge in [0.25, 0.3) is 0 Å². The number of anilines is 1. The first-order chi connectivity index (χ1) is 10.2. The second kappa shape index (κ2) is 6.30. The number of pyridine rings is 1. The van der Waals surface area contributed by atoms with Gasteiger partial charge >= 0.3 is 0 Å². The zero-order valence-electron chi connectivity index (χ0n) is 12.9. The van der Waals surface area contributed by atoms with E-state index < -0.39 is 0 Å². The summed E-state index contributed by atoms with van der Waals surface area (Å²) in [5.74, 6) is 1.04.